The van der Waals surface area contributed by atoms with E-state index in [4.69, 9.17) is 5.73 Å². The molecule has 40 heavy (non-hydrogen) atoms. The van der Waals surface area contributed by atoms with Gasteiger partial charge in [0.05, 0.1) is 10.5 Å². The Labute approximate surface area is 234 Å². The first kappa shape index (κ1) is 27.3. The number of anilines is 3. The average Bonchev–Trinajstić information content (AvgIpc) is 3.47. The number of amidine groups is 1. The number of aromatic amines is 1. The molecule has 11 nitrogen and oxygen atoms in total. The maximum Gasteiger partial charge on any atom is 0.282 e. The first-order chi connectivity index (χ1) is 19.1. The molecule has 2 atom stereocenters. The van der Waals surface area contributed by atoms with Crippen molar-refractivity contribution in [2.45, 2.75) is 52.0 Å². The molecular formula is C28H30N6O5S. The Morgan fingerprint density at radius 2 is 1.90 bits per heavy atom. The number of fused-ring (bicyclic) bond motifs is 1. The highest BCUT2D eigenvalue weighted by atomic mass is 32.1. The number of aliphatic imine (C=N–C) groups is 1. The highest BCUT2D eigenvalue weighted by Crippen LogP contribution is 2.36. The number of nitrogens with zero attached hydrogens (tertiary/aromatic N) is 2. The molecule has 1 amide bonds. The highest BCUT2D eigenvalue weighted by Gasteiger charge is 2.32. The number of nitro benzene ring substituents is 1. The minimum absolute atomic E-state index is 0.0212. The van der Waals surface area contributed by atoms with Crippen molar-refractivity contribution in [3.63, 3.8) is 0 Å². The first-order valence-corrected chi connectivity index (χ1v) is 13.9. The maximum absolute atomic E-state index is 13.4. The van der Waals surface area contributed by atoms with Crippen LogP contribution in [0, 0.1) is 22.0 Å². The molecule has 2 unspecified atom stereocenters. The van der Waals surface area contributed by atoms with Gasteiger partial charge in [-0.15, -0.1) is 0 Å². The van der Waals surface area contributed by atoms with Crippen molar-refractivity contribution in [1.82, 2.24) is 4.37 Å². The van der Waals surface area contributed by atoms with Crippen LogP contribution < -0.4 is 21.9 Å². The lowest BCUT2D eigenvalue weighted by Crippen LogP contribution is -2.24. The second kappa shape index (κ2) is 11.0. The lowest BCUT2D eigenvalue weighted by molar-refractivity contribution is -0.385. The van der Waals surface area contributed by atoms with Crippen molar-refractivity contribution in [3.8, 4) is 0 Å². The van der Waals surface area contributed by atoms with Crippen molar-refractivity contribution < 1.29 is 14.5 Å². The van der Waals surface area contributed by atoms with Crippen molar-refractivity contribution in [2.24, 2.45) is 22.6 Å². The van der Waals surface area contributed by atoms with Gasteiger partial charge in [0, 0.05) is 36.3 Å². The molecule has 0 saturated heterocycles. The van der Waals surface area contributed by atoms with Crippen molar-refractivity contribution in [2.75, 3.05) is 10.6 Å². The molecule has 2 aliphatic carbocycles. The monoisotopic (exact) mass is 562 g/mol. The summed E-state index contributed by atoms with van der Waals surface area (Å²) in [6.07, 6.45) is 4.18. The van der Waals surface area contributed by atoms with Crippen LogP contribution in [0.2, 0.25) is 0 Å². The molecule has 208 valence electrons. The summed E-state index contributed by atoms with van der Waals surface area (Å²) in [6, 6.07) is 9.79. The molecule has 0 aliphatic heterocycles. The molecule has 1 heterocycles. The molecule has 0 radical (unpaired) electrons. The second-order valence-corrected chi connectivity index (χ2v) is 11.3. The van der Waals surface area contributed by atoms with E-state index in [2.05, 4.69) is 20.0 Å². The Kier molecular flexibility index (Phi) is 7.53. The third kappa shape index (κ3) is 5.96. The zero-order valence-corrected chi connectivity index (χ0v) is 23.0. The van der Waals surface area contributed by atoms with E-state index in [9.17, 15) is 24.5 Å². The topological polar surface area (TPSA) is 173 Å². The van der Waals surface area contributed by atoms with Gasteiger partial charge in [0.25, 0.3) is 11.2 Å². The SMILES string of the molecule is CC(=O)Nc1ccc2c(c1)CC(C(=O)c1ccc(Nc3s[nH]c(=O)c3C(N)=NC(C)CC3CC3)cc1[N+](=O)[O-])C2. The van der Waals surface area contributed by atoms with Gasteiger partial charge < -0.3 is 16.4 Å². The molecule has 2 aromatic carbocycles. The van der Waals surface area contributed by atoms with Crippen molar-refractivity contribution >= 4 is 51.1 Å². The summed E-state index contributed by atoms with van der Waals surface area (Å²) in [5, 5.41) is 18.2. The number of amides is 1. The smallest absolute Gasteiger partial charge is 0.282 e. The molecule has 1 saturated carbocycles. The number of rotatable bonds is 10. The van der Waals surface area contributed by atoms with Crippen LogP contribution in [-0.4, -0.2) is 32.9 Å². The summed E-state index contributed by atoms with van der Waals surface area (Å²) >= 11 is 1.02. The number of carbonyl (C=O) groups excluding carboxylic acids is 2. The standard InChI is InChI=1S/C28H30N6O5S/c1-14(9-16-3-4-16)30-26(29)24-27(37)33-40-28(24)32-21-7-8-22(23(13-21)34(38)39)25(36)19-10-17-5-6-20(31-15(2)35)12-18(17)11-19/h5-8,12-14,16,19,32H,3-4,9-11H2,1-2H3,(H2,29,30)(H,31,35)(H,33,37). The van der Waals surface area contributed by atoms with Crippen LogP contribution in [0.1, 0.15) is 60.2 Å². The summed E-state index contributed by atoms with van der Waals surface area (Å²) in [5.74, 6) is -0.181. The summed E-state index contributed by atoms with van der Waals surface area (Å²) in [7, 11) is 0. The minimum Gasteiger partial charge on any atom is -0.383 e. The quantitative estimate of drug-likeness (QED) is 0.0923. The molecule has 0 bridgehead atoms. The Morgan fingerprint density at radius 1 is 1.18 bits per heavy atom. The molecule has 1 aromatic heterocycles. The number of aromatic nitrogens is 1. The van der Waals surface area contributed by atoms with Crippen LogP contribution in [-0.2, 0) is 17.6 Å². The highest BCUT2D eigenvalue weighted by molar-refractivity contribution is 7.10. The van der Waals surface area contributed by atoms with Crippen LogP contribution in [0.25, 0.3) is 0 Å². The number of nitrogens with one attached hydrogen (secondary N) is 3. The number of hydrogen-bond acceptors (Lipinski definition) is 8. The zero-order valence-electron chi connectivity index (χ0n) is 22.2. The third-order valence-corrected chi connectivity index (χ3v) is 8.03. The number of H-pyrrole nitrogens is 1. The largest absolute Gasteiger partial charge is 0.383 e. The van der Waals surface area contributed by atoms with E-state index >= 15 is 0 Å². The zero-order chi connectivity index (χ0) is 28.6. The van der Waals surface area contributed by atoms with Gasteiger partial charge in [-0.25, -0.2) is 0 Å². The van der Waals surface area contributed by atoms with Gasteiger partial charge in [0.2, 0.25) is 5.91 Å². The molecular weight excluding hydrogens is 532 g/mol. The van der Waals surface area contributed by atoms with E-state index in [1.165, 1.54) is 31.9 Å². The summed E-state index contributed by atoms with van der Waals surface area (Å²) in [4.78, 5) is 53.2. The predicted octanol–water partition coefficient (Wildman–Crippen LogP) is 4.54. The Morgan fingerprint density at radius 3 is 2.60 bits per heavy atom. The average molecular weight is 563 g/mol. The van der Waals surface area contributed by atoms with Crippen LogP contribution in [0.5, 0.6) is 0 Å². The fourth-order valence-corrected chi connectivity index (χ4v) is 5.98. The van der Waals surface area contributed by atoms with Crippen molar-refractivity contribution in [3.05, 3.63) is 79.1 Å². The van der Waals surface area contributed by atoms with Gasteiger partial charge in [-0.2, -0.15) is 0 Å². The lowest BCUT2D eigenvalue weighted by atomic mass is 9.93. The number of ketones is 1. The fourth-order valence-electron chi connectivity index (χ4n) is 5.22. The van der Waals surface area contributed by atoms with Gasteiger partial charge in [-0.05, 0) is 79.0 Å². The minimum atomic E-state index is -0.578. The van der Waals surface area contributed by atoms with E-state index in [1.54, 1.807) is 12.1 Å². The van der Waals surface area contributed by atoms with Crippen LogP contribution >= 0.6 is 11.5 Å². The van der Waals surface area contributed by atoms with Gasteiger partial charge >= 0.3 is 0 Å². The maximum atomic E-state index is 13.4. The molecule has 2 aliphatic rings. The Balaban J connectivity index is 1.35. The molecule has 1 fully saturated rings. The van der Waals surface area contributed by atoms with Gasteiger partial charge in [0.1, 0.15) is 16.4 Å². The Hall–Kier alpha value is -4.32. The van der Waals surface area contributed by atoms with Gasteiger partial charge in [-0.3, -0.25) is 33.9 Å². The van der Waals surface area contributed by atoms with Crippen LogP contribution in [0.4, 0.5) is 22.1 Å². The van der Waals surface area contributed by atoms with Crippen molar-refractivity contribution in [1.29, 1.82) is 0 Å². The van der Waals surface area contributed by atoms with E-state index in [0.29, 0.717) is 35.1 Å². The van der Waals surface area contributed by atoms with Gasteiger partial charge in [0.15, 0.2) is 5.78 Å². The Bertz CT molecular complexity index is 1590. The first-order valence-electron chi connectivity index (χ1n) is 13.1. The number of carbonyl (C=O) groups is 2. The molecule has 5 rings (SSSR count). The predicted molar refractivity (Wildman–Crippen MR) is 155 cm³/mol. The molecule has 5 N–H and O–H groups in total. The number of benzene rings is 2. The summed E-state index contributed by atoms with van der Waals surface area (Å²) in [5.41, 5.74) is 8.60. The fraction of sp³-hybridized carbons (Fsp3) is 0.357. The molecule has 0 spiro atoms. The second-order valence-electron chi connectivity index (χ2n) is 10.5. The number of nitro groups is 1. The van der Waals surface area contributed by atoms with Crippen LogP contribution in [0.3, 0.4) is 0 Å². The lowest BCUT2D eigenvalue weighted by Gasteiger charge is -2.11. The molecule has 3 aromatic rings. The van der Waals surface area contributed by atoms with Gasteiger partial charge in [-0.1, -0.05) is 18.9 Å². The van der Waals surface area contributed by atoms with Crippen LogP contribution in [0.15, 0.2) is 46.2 Å². The third-order valence-electron chi connectivity index (χ3n) is 7.23. The van der Waals surface area contributed by atoms with E-state index < -0.39 is 16.4 Å². The normalized spacial score (nSPS) is 17.2. The van der Waals surface area contributed by atoms with E-state index in [-0.39, 0.29) is 40.4 Å². The number of nitrogens with two attached hydrogens (primary N) is 1. The molecule has 12 heteroatoms. The number of Topliss-reactive ketones (excluding diaryl/α,β-unsaturated/α-hetero) is 1. The van der Waals surface area contributed by atoms with E-state index in [0.717, 1.165) is 29.1 Å². The van der Waals surface area contributed by atoms with E-state index in [1.807, 2.05) is 19.1 Å². The number of hydrogen-bond donors (Lipinski definition) is 4. The summed E-state index contributed by atoms with van der Waals surface area (Å²) in [6.45, 7) is 3.39. The summed E-state index contributed by atoms with van der Waals surface area (Å²) < 4.78 is 2.64.